The number of hydrogen-bond acceptors (Lipinski definition) is 1. The van der Waals surface area contributed by atoms with Crippen LogP contribution in [0.3, 0.4) is 0 Å². The summed E-state index contributed by atoms with van der Waals surface area (Å²) in [5.41, 5.74) is 3.06. The van der Waals surface area contributed by atoms with E-state index in [1.165, 1.54) is 23.4 Å². The molecule has 0 aromatic rings. The Kier molecular flexibility index (Phi) is 2.71. The van der Waals surface area contributed by atoms with Gasteiger partial charge < -0.3 is 4.43 Å². The van der Waals surface area contributed by atoms with E-state index < -0.39 is 8.32 Å². The Labute approximate surface area is 66.5 Å². The van der Waals surface area contributed by atoms with Gasteiger partial charge in [-0.25, -0.2) is 0 Å². The van der Waals surface area contributed by atoms with Crippen molar-refractivity contribution in [2.24, 2.45) is 0 Å². The molecule has 1 rings (SSSR count). The SMILES string of the molecule is CC[Si]1C[Si](CC)(OC)C1. The molecular formula is C7H17OSi2. The molecule has 10 heavy (non-hydrogen) atoms. The minimum absolute atomic E-state index is 0.119. The predicted octanol–water partition coefficient (Wildman–Crippen LogP) is 2.20. The van der Waals surface area contributed by atoms with E-state index in [1.807, 2.05) is 7.11 Å². The van der Waals surface area contributed by atoms with Crippen LogP contribution >= 0.6 is 0 Å². The molecule has 1 nitrogen and oxygen atoms in total. The molecule has 0 atom stereocenters. The second-order valence-electron chi connectivity index (χ2n) is 3.20. The summed E-state index contributed by atoms with van der Waals surface area (Å²) in [5, 5.41) is 0. The van der Waals surface area contributed by atoms with Crippen LogP contribution in [0.4, 0.5) is 0 Å². The average Bonchev–Trinajstić information content (AvgIpc) is 1.89. The van der Waals surface area contributed by atoms with E-state index in [9.17, 15) is 0 Å². The minimum atomic E-state index is -1.03. The highest BCUT2D eigenvalue weighted by molar-refractivity contribution is 7.02. The Balaban J connectivity index is 2.31. The molecule has 0 aromatic carbocycles. The zero-order valence-electron chi connectivity index (χ0n) is 7.24. The molecule has 1 aliphatic heterocycles. The Bertz CT molecular complexity index is 104. The third-order valence-corrected chi connectivity index (χ3v) is 15.0. The van der Waals surface area contributed by atoms with Crippen LogP contribution in [0.2, 0.25) is 23.4 Å². The monoisotopic (exact) mass is 173 g/mol. The molecule has 0 spiro atoms. The number of hydrogen-bond donors (Lipinski definition) is 0. The summed E-state index contributed by atoms with van der Waals surface area (Å²) in [7, 11) is 1.01. The van der Waals surface area contributed by atoms with Gasteiger partial charge >= 0.3 is 0 Å². The summed E-state index contributed by atoms with van der Waals surface area (Å²) in [5.74, 6) is 0. The Hall–Kier alpha value is 0.394. The molecule has 0 aliphatic carbocycles. The highest BCUT2D eigenvalue weighted by Gasteiger charge is 2.45. The van der Waals surface area contributed by atoms with Crippen LogP contribution in [0.1, 0.15) is 13.8 Å². The van der Waals surface area contributed by atoms with Crippen molar-refractivity contribution >= 4 is 17.1 Å². The van der Waals surface area contributed by atoms with Crippen molar-refractivity contribution in [1.29, 1.82) is 0 Å². The fourth-order valence-electron chi connectivity index (χ4n) is 1.65. The van der Waals surface area contributed by atoms with Crippen molar-refractivity contribution in [2.45, 2.75) is 37.3 Å². The lowest BCUT2D eigenvalue weighted by Crippen LogP contribution is -2.54. The van der Waals surface area contributed by atoms with E-state index >= 15 is 0 Å². The maximum Gasteiger partial charge on any atom is 0.186 e. The van der Waals surface area contributed by atoms with Crippen LogP contribution in [0.25, 0.3) is 0 Å². The molecule has 0 amide bonds. The minimum Gasteiger partial charge on any atom is -0.421 e. The van der Waals surface area contributed by atoms with E-state index in [1.54, 1.807) is 0 Å². The maximum absolute atomic E-state index is 5.62. The molecule has 1 fully saturated rings. The lowest BCUT2D eigenvalue weighted by atomic mass is 11.0. The number of rotatable bonds is 3. The largest absolute Gasteiger partial charge is 0.421 e. The first-order chi connectivity index (χ1) is 4.76. The van der Waals surface area contributed by atoms with Gasteiger partial charge in [-0.1, -0.05) is 19.9 Å². The van der Waals surface area contributed by atoms with E-state index in [-0.39, 0.29) is 8.80 Å². The van der Waals surface area contributed by atoms with Crippen LogP contribution in [0.15, 0.2) is 0 Å². The summed E-state index contributed by atoms with van der Waals surface area (Å²) in [6.45, 7) is 4.63. The summed E-state index contributed by atoms with van der Waals surface area (Å²) >= 11 is 0. The fourth-order valence-corrected chi connectivity index (χ4v) is 14.0. The molecule has 0 bridgehead atoms. The zero-order chi connectivity index (χ0) is 7.61. The Morgan fingerprint density at radius 1 is 1.40 bits per heavy atom. The highest BCUT2D eigenvalue weighted by atomic mass is 28.4. The van der Waals surface area contributed by atoms with Crippen LogP contribution in [-0.2, 0) is 4.43 Å². The van der Waals surface area contributed by atoms with Crippen molar-refractivity contribution in [1.82, 2.24) is 0 Å². The molecular weight excluding hydrogens is 156 g/mol. The second kappa shape index (κ2) is 3.19. The van der Waals surface area contributed by atoms with Crippen molar-refractivity contribution < 1.29 is 4.43 Å². The van der Waals surface area contributed by atoms with Gasteiger partial charge in [0.1, 0.15) is 0 Å². The van der Waals surface area contributed by atoms with Gasteiger partial charge in [0, 0.05) is 15.9 Å². The van der Waals surface area contributed by atoms with Crippen molar-refractivity contribution in [3.8, 4) is 0 Å². The molecule has 1 heterocycles. The third kappa shape index (κ3) is 1.36. The average molecular weight is 173 g/mol. The van der Waals surface area contributed by atoms with Gasteiger partial charge in [-0.3, -0.25) is 0 Å². The highest BCUT2D eigenvalue weighted by Crippen LogP contribution is 2.36. The molecule has 3 heteroatoms. The molecule has 1 aliphatic rings. The van der Waals surface area contributed by atoms with Gasteiger partial charge in [0.15, 0.2) is 8.32 Å². The summed E-state index contributed by atoms with van der Waals surface area (Å²) in [4.78, 5) is 0. The normalized spacial score (nSPS) is 24.3. The van der Waals surface area contributed by atoms with Gasteiger partial charge in [-0.2, -0.15) is 0 Å². The quantitative estimate of drug-likeness (QED) is 0.595. The molecule has 1 saturated heterocycles. The first-order valence-corrected chi connectivity index (χ1v) is 8.80. The van der Waals surface area contributed by atoms with E-state index in [0.717, 1.165) is 0 Å². The van der Waals surface area contributed by atoms with Gasteiger partial charge in [0.25, 0.3) is 0 Å². The standard InChI is InChI=1S/C7H17OSi2/c1-4-9-6-10(5-2,7-9)8-3/h4-7H2,1-3H3. The van der Waals surface area contributed by atoms with E-state index in [4.69, 9.17) is 4.43 Å². The predicted molar refractivity (Wildman–Crippen MR) is 49.1 cm³/mol. The third-order valence-electron chi connectivity index (χ3n) is 2.72. The maximum atomic E-state index is 5.62. The van der Waals surface area contributed by atoms with Gasteiger partial charge in [0.05, 0.1) is 0 Å². The van der Waals surface area contributed by atoms with Gasteiger partial charge in [-0.05, 0) is 17.4 Å². The summed E-state index contributed by atoms with van der Waals surface area (Å²) in [6, 6.07) is 2.81. The zero-order valence-corrected chi connectivity index (χ0v) is 9.24. The lowest BCUT2D eigenvalue weighted by molar-refractivity contribution is 0.395. The molecule has 0 saturated carbocycles. The van der Waals surface area contributed by atoms with Gasteiger partial charge in [-0.15, -0.1) is 0 Å². The van der Waals surface area contributed by atoms with Crippen molar-refractivity contribution in [3.63, 3.8) is 0 Å². The second-order valence-corrected chi connectivity index (χ2v) is 11.7. The summed E-state index contributed by atoms with van der Waals surface area (Å²) < 4.78 is 5.62. The first-order valence-electron chi connectivity index (χ1n) is 4.15. The summed E-state index contributed by atoms with van der Waals surface area (Å²) in [6.07, 6.45) is 0. The molecule has 1 radical (unpaired) electrons. The molecule has 59 valence electrons. The van der Waals surface area contributed by atoms with Crippen molar-refractivity contribution in [3.05, 3.63) is 0 Å². The molecule has 0 aromatic heterocycles. The van der Waals surface area contributed by atoms with Crippen LogP contribution in [0, 0.1) is 0 Å². The fraction of sp³-hybridized carbons (Fsp3) is 1.00. The van der Waals surface area contributed by atoms with E-state index in [0.29, 0.717) is 0 Å². The lowest BCUT2D eigenvalue weighted by Gasteiger charge is -2.42. The van der Waals surface area contributed by atoms with Gasteiger partial charge in [0.2, 0.25) is 0 Å². The van der Waals surface area contributed by atoms with E-state index in [2.05, 4.69) is 13.8 Å². The van der Waals surface area contributed by atoms with Crippen LogP contribution in [0.5, 0.6) is 0 Å². The van der Waals surface area contributed by atoms with Crippen molar-refractivity contribution in [2.75, 3.05) is 7.11 Å². The van der Waals surface area contributed by atoms with Crippen LogP contribution in [-0.4, -0.2) is 24.2 Å². The Morgan fingerprint density at radius 2 is 2.00 bits per heavy atom. The smallest absolute Gasteiger partial charge is 0.186 e. The first kappa shape index (κ1) is 8.49. The molecule has 0 N–H and O–H groups in total. The van der Waals surface area contributed by atoms with Crippen LogP contribution < -0.4 is 0 Å². The molecule has 0 unspecified atom stereocenters. The topological polar surface area (TPSA) is 9.23 Å². The Morgan fingerprint density at radius 3 is 2.30 bits per heavy atom.